The molecule has 0 saturated heterocycles. The molecule has 1 aromatic heterocycles. The van der Waals surface area contributed by atoms with E-state index in [1.807, 2.05) is 13.1 Å². The quantitative estimate of drug-likeness (QED) is 0.679. The summed E-state index contributed by atoms with van der Waals surface area (Å²) in [5, 5.41) is 0.867. The molecule has 3 heteroatoms. The zero-order valence-electron chi connectivity index (χ0n) is 15.2. The molecule has 1 fully saturated rings. The molecule has 0 bridgehead atoms. The minimum atomic E-state index is -0.306. The van der Waals surface area contributed by atoms with Crippen molar-refractivity contribution < 1.29 is 9.13 Å². The number of rotatable bonds is 3. The molecule has 0 N–H and O–H groups in total. The van der Waals surface area contributed by atoms with Crippen molar-refractivity contribution in [3.05, 3.63) is 35.8 Å². The number of hydrogen-bond donors (Lipinski definition) is 0. The summed E-state index contributed by atoms with van der Waals surface area (Å²) in [5.74, 6) is 1.33. The highest BCUT2D eigenvalue weighted by molar-refractivity contribution is 5.80. The second kappa shape index (κ2) is 6.70. The van der Waals surface area contributed by atoms with Crippen LogP contribution in [0.5, 0.6) is 5.75 Å². The smallest absolute Gasteiger partial charge is 0.165 e. The average Bonchev–Trinajstić information content (AvgIpc) is 2.55. The van der Waals surface area contributed by atoms with Gasteiger partial charge in [0.05, 0.1) is 12.1 Å². The molecule has 0 aliphatic heterocycles. The second-order valence-corrected chi connectivity index (χ2v) is 8.09. The SMILES string of the molecule is CCOc1cc2ncc(C3CCC(C(C)(C)C)CC3)cc2cc1F. The zero-order chi connectivity index (χ0) is 17.3. The van der Waals surface area contributed by atoms with Crippen molar-refractivity contribution in [1.82, 2.24) is 4.98 Å². The molecule has 130 valence electrons. The molecule has 2 aromatic rings. The largest absolute Gasteiger partial charge is 0.491 e. The summed E-state index contributed by atoms with van der Waals surface area (Å²) >= 11 is 0. The molecule has 1 saturated carbocycles. The van der Waals surface area contributed by atoms with E-state index in [0.29, 0.717) is 17.9 Å². The van der Waals surface area contributed by atoms with Gasteiger partial charge in [-0.2, -0.15) is 0 Å². The maximum absolute atomic E-state index is 14.1. The predicted octanol–water partition coefficient (Wildman–Crippen LogP) is 6.09. The Bertz CT molecular complexity index is 712. The minimum absolute atomic E-state index is 0.288. The summed E-state index contributed by atoms with van der Waals surface area (Å²) in [6.45, 7) is 9.34. The van der Waals surface area contributed by atoms with Gasteiger partial charge in [0.1, 0.15) is 0 Å². The van der Waals surface area contributed by atoms with E-state index in [2.05, 4.69) is 31.8 Å². The van der Waals surface area contributed by atoms with Crippen LogP contribution in [0.2, 0.25) is 0 Å². The van der Waals surface area contributed by atoms with Gasteiger partial charge in [0.15, 0.2) is 11.6 Å². The van der Waals surface area contributed by atoms with Gasteiger partial charge in [-0.15, -0.1) is 0 Å². The summed E-state index contributed by atoms with van der Waals surface area (Å²) in [5.41, 5.74) is 2.44. The first-order valence-electron chi connectivity index (χ1n) is 9.10. The van der Waals surface area contributed by atoms with E-state index in [-0.39, 0.29) is 11.6 Å². The van der Waals surface area contributed by atoms with E-state index in [1.165, 1.54) is 31.2 Å². The molecular weight excluding hydrogens is 301 g/mol. The highest BCUT2D eigenvalue weighted by atomic mass is 19.1. The molecule has 0 amide bonds. The Morgan fingerprint density at radius 1 is 1.12 bits per heavy atom. The molecule has 3 rings (SSSR count). The van der Waals surface area contributed by atoms with E-state index in [0.717, 1.165) is 16.8 Å². The van der Waals surface area contributed by atoms with E-state index >= 15 is 0 Å². The molecule has 0 unspecified atom stereocenters. The lowest BCUT2D eigenvalue weighted by Crippen LogP contribution is -2.25. The number of halogens is 1. The summed E-state index contributed by atoms with van der Waals surface area (Å²) in [6, 6.07) is 5.37. The molecule has 1 heterocycles. The Hall–Kier alpha value is -1.64. The Morgan fingerprint density at radius 2 is 1.83 bits per heavy atom. The van der Waals surface area contributed by atoms with Crippen LogP contribution in [0, 0.1) is 17.2 Å². The third kappa shape index (κ3) is 3.55. The van der Waals surface area contributed by atoms with Crippen LogP contribution in [0.4, 0.5) is 4.39 Å². The average molecular weight is 329 g/mol. The van der Waals surface area contributed by atoms with Crippen LogP contribution in [0.15, 0.2) is 24.4 Å². The van der Waals surface area contributed by atoms with Gasteiger partial charge in [-0.3, -0.25) is 4.98 Å². The number of nitrogens with zero attached hydrogens (tertiary/aromatic N) is 1. The number of benzene rings is 1. The number of aromatic nitrogens is 1. The van der Waals surface area contributed by atoms with Gasteiger partial charge < -0.3 is 4.74 Å². The first-order chi connectivity index (χ1) is 11.4. The van der Waals surface area contributed by atoms with Crippen molar-refractivity contribution in [1.29, 1.82) is 0 Å². The summed E-state index contributed by atoms with van der Waals surface area (Å²) in [6.07, 6.45) is 6.91. The molecular formula is C21H28FNO. The summed E-state index contributed by atoms with van der Waals surface area (Å²) in [7, 11) is 0. The molecule has 0 atom stereocenters. The topological polar surface area (TPSA) is 22.1 Å². The lowest BCUT2D eigenvalue weighted by atomic mass is 9.69. The number of hydrogen-bond acceptors (Lipinski definition) is 2. The standard InChI is InChI=1S/C21H28FNO/c1-5-24-20-12-19-15(11-18(20)22)10-16(13-23-19)14-6-8-17(9-7-14)21(2,3)4/h10-14,17H,5-9H2,1-4H3. The van der Waals surface area contributed by atoms with Gasteiger partial charge >= 0.3 is 0 Å². The lowest BCUT2D eigenvalue weighted by molar-refractivity contribution is 0.169. The van der Waals surface area contributed by atoms with Crippen LogP contribution in [0.1, 0.15) is 64.9 Å². The van der Waals surface area contributed by atoms with Crippen molar-refractivity contribution in [3.63, 3.8) is 0 Å². The Kier molecular flexibility index (Phi) is 4.80. The third-order valence-corrected chi connectivity index (χ3v) is 5.48. The maximum Gasteiger partial charge on any atom is 0.165 e. The highest BCUT2D eigenvalue weighted by Crippen LogP contribution is 2.43. The van der Waals surface area contributed by atoms with Crippen LogP contribution in [0.3, 0.4) is 0 Å². The van der Waals surface area contributed by atoms with Crippen molar-refractivity contribution in [2.45, 2.75) is 59.3 Å². The van der Waals surface area contributed by atoms with E-state index in [1.54, 1.807) is 12.1 Å². The van der Waals surface area contributed by atoms with Gasteiger partial charge in [-0.05, 0) is 67.6 Å². The molecule has 24 heavy (non-hydrogen) atoms. The number of ether oxygens (including phenoxy) is 1. The first kappa shape index (κ1) is 17.2. The third-order valence-electron chi connectivity index (χ3n) is 5.48. The van der Waals surface area contributed by atoms with Gasteiger partial charge in [-0.25, -0.2) is 4.39 Å². The van der Waals surface area contributed by atoms with E-state index < -0.39 is 0 Å². The fourth-order valence-electron chi connectivity index (χ4n) is 3.93. The Balaban J connectivity index is 1.80. The van der Waals surface area contributed by atoms with Crippen molar-refractivity contribution in [2.75, 3.05) is 6.61 Å². The fraction of sp³-hybridized carbons (Fsp3) is 0.571. The molecule has 0 radical (unpaired) electrons. The van der Waals surface area contributed by atoms with Crippen molar-refractivity contribution >= 4 is 10.9 Å². The predicted molar refractivity (Wildman–Crippen MR) is 97.0 cm³/mol. The minimum Gasteiger partial charge on any atom is -0.491 e. The van der Waals surface area contributed by atoms with Crippen molar-refractivity contribution in [2.24, 2.45) is 11.3 Å². The normalized spacial score (nSPS) is 21.9. The molecule has 1 aliphatic rings. The van der Waals surface area contributed by atoms with Gasteiger partial charge in [-0.1, -0.05) is 20.8 Å². The molecule has 1 aliphatic carbocycles. The summed E-state index contributed by atoms with van der Waals surface area (Å²) in [4.78, 5) is 4.56. The van der Waals surface area contributed by atoms with Crippen LogP contribution in [0.25, 0.3) is 10.9 Å². The van der Waals surface area contributed by atoms with Crippen LogP contribution < -0.4 is 4.74 Å². The van der Waals surface area contributed by atoms with Gasteiger partial charge in [0, 0.05) is 17.6 Å². The Labute approximate surface area is 144 Å². The van der Waals surface area contributed by atoms with E-state index in [9.17, 15) is 4.39 Å². The molecule has 1 aromatic carbocycles. The molecule has 0 spiro atoms. The van der Waals surface area contributed by atoms with Crippen LogP contribution in [-0.4, -0.2) is 11.6 Å². The highest BCUT2D eigenvalue weighted by Gasteiger charge is 2.30. The second-order valence-electron chi connectivity index (χ2n) is 8.09. The lowest BCUT2D eigenvalue weighted by Gasteiger charge is -2.37. The fourth-order valence-corrected chi connectivity index (χ4v) is 3.93. The summed E-state index contributed by atoms with van der Waals surface area (Å²) < 4.78 is 19.4. The maximum atomic E-state index is 14.1. The van der Waals surface area contributed by atoms with Crippen LogP contribution >= 0.6 is 0 Å². The van der Waals surface area contributed by atoms with E-state index in [4.69, 9.17) is 4.74 Å². The zero-order valence-corrected chi connectivity index (χ0v) is 15.2. The number of fused-ring (bicyclic) bond motifs is 1. The Morgan fingerprint density at radius 3 is 2.46 bits per heavy atom. The first-order valence-corrected chi connectivity index (χ1v) is 9.10. The monoisotopic (exact) mass is 329 g/mol. The van der Waals surface area contributed by atoms with Crippen molar-refractivity contribution in [3.8, 4) is 5.75 Å². The molecule has 2 nitrogen and oxygen atoms in total. The number of pyridine rings is 1. The van der Waals surface area contributed by atoms with Gasteiger partial charge in [0.2, 0.25) is 0 Å². The van der Waals surface area contributed by atoms with Crippen LogP contribution in [-0.2, 0) is 0 Å². The van der Waals surface area contributed by atoms with Gasteiger partial charge in [0.25, 0.3) is 0 Å².